The molecule has 1 N–H and O–H groups in total. The molecule has 1 aliphatic rings. The number of amides is 1. The monoisotopic (exact) mass is 418 g/mol. The number of carbonyl (C=O) groups is 1. The molecule has 0 aliphatic carbocycles. The van der Waals surface area contributed by atoms with Crippen molar-refractivity contribution in [2.75, 3.05) is 34.4 Å². The van der Waals surface area contributed by atoms with E-state index in [0.29, 0.717) is 22.1 Å². The summed E-state index contributed by atoms with van der Waals surface area (Å²) in [5.74, 6) is 1.62. The Morgan fingerprint density at radius 2 is 1.76 bits per heavy atom. The van der Waals surface area contributed by atoms with Gasteiger partial charge < -0.3 is 19.5 Å². The van der Waals surface area contributed by atoms with Crippen LogP contribution < -0.4 is 19.5 Å². The van der Waals surface area contributed by atoms with E-state index in [2.05, 4.69) is 16.3 Å². The van der Waals surface area contributed by atoms with Crippen LogP contribution in [0, 0.1) is 0 Å². The fraction of sp³-hybridized carbons (Fsp3) is 0.409. The Hall–Kier alpha value is -2.44. The molecule has 1 aliphatic heterocycles. The first kappa shape index (κ1) is 21.3. The van der Waals surface area contributed by atoms with Gasteiger partial charge in [-0.25, -0.2) is 0 Å². The SMILES string of the molecule is COc1ccccc1CN1CCC(NC(=O)c2cc(Cl)c(OC)c(OC)c2)CC1. The smallest absolute Gasteiger partial charge is 0.251 e. The van der Waals surface area contributed by atoms with Crippen molar-refractivity contribution in [3.63, 3.8) is 0 Å². The van der Waals surface area contributed by atoms with Gasteiger partial charge in [0.15, 0.2) is 11.5 Å². The zero-order chi connectivity index (χ0) is 20.8. The fourth-order valence-corrected chi connectivity index (χ4v) is 3.92. The number of piperidine rings is 1. The molecule has 2 aromatic rings. The second kappa shape index (κ2) is 9.85. The predicted octanol–water partition coefficient (Wildman–Crippen LogP) is 3.76. The average Bonchev–Trinajstić information content (AvgIpc) is 2.74. The van der Waals surface area contributed by atoms with Gasteiger partial charge in [-0.2, -0.15) is 0 Å². The Labute approximate surface area is 176 Å². The summed E-state index contributed by atoms with van der Waals surface area (Å²) < 4.78 is 15.9. The van der Waals surface area contributed by atoms with Crippen LogP contribution in [0.1, 0.15) is 28.8 Å². The van der Waals surface area contributed by atoms with E-state index in [1.54, 1.807) is 19.2 Å². The van der Waals surface area contributed by atoms with Gasteiger partial charge in [0.2, 0.25) is 0 Å². The zero-order valence-corrected chi connectivity index (χ0v) is 17.8. The largest absolute Gasteiger partial charge is 0.496 e. The molecule has 29 heavy (non-hydrogen) atoms. The van der Waals surface area contributed by atoms with Gasteiger partial charge in [0.05, 0.1) is 26.4 Å². The van der Waals surface area contributed by atoms with Crippen LogP contribution in [0.25, 0.3) is 0 Å². The molecule has 1 fully saturated rings. The molecular weight excluding hydrogens is 392 g/mol. The lowest BCUT2D eigenvalue weighted by molar-refractivity contribution is 0.0908. The lowest BCUT2D eigenvalue weighted by Crippen LogP contribution is -2.44. The van der Waals surface area contributed by atoms with E-state index in [4.69, 9.17) is 25.8 Å². The van der Waals surface area contributed by atoms with Crippen LogP contribution in [-0.2, 0) is 6.54 Å². The van der Waals surface area contributed by atoms with Crippen molar-refractivity contribution >= 4 is 17.5 Å². The summed E-state index contributed by atoms with van der Waals surface area (Å²) in [6.07, 6.45) is 1.78. The maximum absolute atomic E-state index is 12.7. The second-order valence-corrected chi connectivity index (χ2v) is 7.44. The predicted molar refractivity (Wildman–Crippen MR) is 113 cm³/mol. The Morgan fingerprint density at radius 1 is 1.07 bits per heavy atom. The standard InChI is InChI=1S/C22H27ClN2O4/c1-27-19-7-5-4-6-15(19)14-25-10-8-17(9-11-25)24-22(26)16-12-18(23)21(29-3)20(13-16)28-2/h4-7,12-13,17H,8-11,14H2,1-3H3,(H,24,26). The molecule has 0 aromatic heterocycles. The first-order valence-electron chi connectivity index (χ1n) is 9.62. The Morgan fingerprint density at radius 3 is 2.41 bits per heavy atom. The molecule has 3 rings (SSSR count). The van der Waals surface area contributed by atoms with Crippen molar-refractivity contribution in [1.29, 1.82) is 0 Å². The van der Waals surface area contributed by atoms with E-state index in [9.17, 15) is 4.79 Å². The van der Waals surface area contributed by atoms with E-state index in [0.717, 1.165) is 38.2 Å². The van der Waals surface area contributed by atoms with Gasteiger partial charge in [-0.3, -0.25) is 9.69 Å². The second-order valence-electron chi connectivity index (χ2n) is 7.03. The first-order chi connectivity index (χ1) is 14.0. The van der Waals surface area contributed by atoms with Gasteiger partial charge >= 0.3 is 0 Å². The van der Waals surface area contributed by atoms with Crippen molar-refractivity contribution in [2.24, 2.45) is 0 Å². The molecular formula is C22H27ClN2O4. The van der Waals surface area contributed by atoms with Crippen LogP contribution >= 0.6 is 11.6 Å². The Kier molecular flexibility index (Phi) is 7.23. The molecule has 2 aromatic carbocycles. The number of hydrogen-bond donors (Lipinski definition) is 1. The minimum Gasteiger partial charge on any atom is -0.496 e. The summed E-state index contributed by atoms with van der Waals surface area (Å²) in [6.45, 7) is 2.67. The molecule has 0 saturated carbocycles. The molecule has 7 heteroatoms. The number of para-hydroxylation sites is 1. The highest BCUT2D eigenvalue weighted by molar-refractivity contribution is 6.32. The Bertz CT molecular complexity index is 851. The Balaban J connectivity index is 1.57. The van der Waals surface area contributed by atoms with Crippen LogP contribution in [0.5, 0.6) is 17.2 Å². The minimum atomic E-state index is -0.156. The van der Waals surface area contributed by atoms with Gasteiger partial charge in [0.25, 0.3) is 5.91 Å². The van der Waals surface area contributed by atoms with Crippen molar-refractivity contribution in [2.45, 2.75) is 25.4 Å². The fourth-order valence-electron chi connectivity index (χ4n) is 3.63. The molecule has 0 spiro atoms. The maximum Gasteiger partial charge on any atom is 0.251 e. The third-order valence-electron chi connectivity index (χ3n) is 5.21. The molecule has 156 valence electrons. The summed E-state index contributed by atoms with van der Waals surface area (Å²) in [5, 5.41) is 3.46. The normalized spacial score (nSPS) is 15.0. The van der Waals surface area contributed by atoms with Gasteiger partial charge in [-0.1, -0.05) is 29.8 Å². The van der Waals surface area contributed by atoms with E-state index < -0.39 is 0 Å². The quantitative estimate of drug-likeness (QED) is 0.741. The summed E-state index contributed by atoms with van der Waals surface area (Å²) in [5.41, 5.74) is 1.64. The van der Waals surface area contributed by atoms with Crippen molar-refractivity contribution in [3.05, 3.63) is 52.5 Å². The van der Waals surface area contributed by atoms with Crippen molar-refractivity contribution < 1.29 is 19.0 Å². The lowest BCUT2D eigenvalue weighted by atomic mass is 10.0. The highest BCUT2D eigenvalue weighted by Gasteiger charge is 2.23. The number of halogens is 1. The first-order valence-corrected chi connectivity index (χ1v) is 10.00. The molecule has 1 saturated heterocycles. The molecule has 0 bridgehead atoms. The van der Waals surface area contributed by atoms with Crippen LogP contribution in [0.15, 0.2) is 36.4 Å². The third-order valence-corrected chi connectivity index (χ3v) is 5.49. The average molecular weight is 419 g/mol. The molecule has 0 radical (unpaired) electrons. The van der Waals surface area contributed by atoms with E-state index >= 15 is 0 Å². The van der Waals surface area contributed by atoms with Crippen LogP contribution in [0.4, 0.5) is 0 Å². The molecule has 1 heterocycles. The number of carbonyl (C=O) groups excluding carboxylic acids is 1. The molecule has 1 amide bonds. The zero-order valence-electron chi connectivity index (χ0n) is 17.0. The number of nitrogens with zero attached hydrogens (tertiary/aromatic N) is 1. The summed E-state index contributed by atoms with van der Waals surface area (Å²) in [7, 11) is 4.73. The number of benzene rings is 2. The van der Waals surface area contributed by atoms with Crippen LogP contribution in [-0.4, -0.2) is 51.3 Å². The molecule has 0 atom stereocenters. The number of nitrogens with one attached hydrogen (secondary N) is 1. The van der Waals surface area contributed by atoms with E-state index in [1.165, 1.54) is 19.8 Å². The highest BCUT2D eigenvalue weighted by atomic mass is 35.5. The number of methoxy groups -OCH3 is 3. The number of hydrogen-bond acceptors (Lipinski definition) is 5. The van der Waals surface area contributed by atoms with Gasteiger partial charge in [-0.05, 0) is 31.0 Å². The summed E-state index contributed by atoms with van der Waals surface area (Å²) in [6, 6.07) is 11.5. The van der Waals surface area contributed by atoms with Crippen LogP contribution in [0.2, 0.25) is 5.02 Å². The van der Waals surface area contributed by atoms with E-state index in [1.807, 2.05) is 18.2 Å². The van der Waals surface area contributed by atoms with Gasteiger partial charge in [0.1, 0.15) is 5.75 Å². The summed E-state index contributed by atoms with van der Waals surface area (Å²) >= 11 is 6.22. The van der Waals surface area contributed by atoms with Crippen LogP contribution in [0.3, 0.4) is 0 Å². The lowest BCUT2D eigenvalue weighted by Gasteiger charge is -2.32. The summed E-state index contributed by atoms with van der Waals surface area (Å²) in [4.78, 5) is 15.1. The van der Waals surface area contributed by atoms with Gasteiger partial charge in [-0.15, -0.1) is 0 Å². The topological polar surface area (TPSA) is 60.0 Å². The highest BCUT2D eigenvalue weighted by Crippen LogP contribution is 2.36. The number of rotatable bonds is 7. The minimum absolute atomic E-state index is 0.128. The number of likely N-dealkylation sites (tertiary alicyclic amines) is 1. The van der Waals surface area contributed by atoms with E-state index in [-0.39, 0.29) is 11.9 Å². The third kappa shape index (κ3) is 5.14. The number of ether oxygens (including phenoxy) is 3. The van der Waals surface area contributed by atoms with Crippen molar-refractivity contribution in [1.82, 2.24) is 10.2 Å². The van der Waals surface area contributed by atoms with Gasteiger partial charge in [0, 0.05) is 36.8 Å². The molecule has 6 nitrogen and oxygen atoms in total. The molecule has 0 unspecified atom stereocenters. The maximum atomic E-state index is 12.7. The van der Waals surface area contributed by atoms with Crippen molar-refractivity contribution in [3.8, 4) is 17.2 Å².